The molecule has 0 bridgehead atoms. The van der Waals surface area contributed by atoms with Gasteiger partial charge < -0.3 is 56.0 Å². The topological polar surface area (TPSA) is 237 Å². The molecule has 13 heteroatoms. The summed E-state index contributed by atoms with van der Waals surface area (Å²) in [5.41, 5.74) is 3.48. The molecule has 2 unspecified atom stereocenters. The molecule has 0 aromatic heterocycles. The first-order valence-corrected chi connectivity index (χ1v) is 16.0. The Bertz CT molecular complexity index is 2030. The van der Waals surface area contributed by atoms with Crippen LogP contribution in [0, 0.1) is 0 Å². The average Bonchev–Trinajstić information content (AvgIpc) is 3.29. The lowest BCUT2D eigenvalue weighted by molar-refractivity contribution is -0.162. The molecule has 0 saturated carbocycles. The molecule has 4 aromatic carbocycles. The minimum absolute atomic E-state index is 0.0461. The van der Waals surface area contributed by atoms with Crippen molar-refractivity contribution in [3.63, 3.8) is 0 Å². The smallest absolute Gasteiger partial charge is 0.345 e. The van der Waals surface area contributed by atoms with Crippen molar-refractivity contribution in [3.8, 4) is 57.1 Å². The molecule has 0 fully saturated rings. The maximum Gasteiger partial charge on any atom is 0.345 e. The highest BCUT2D eigenvalue weighted by Crippen LogP contribution is 2.46. The van der Waals surface area contributed by atoms with Crippen LogP contribution in [0.15, 0.2) is 54.6 Å². The maximum atomic E-state index is 13.0. The quantitative estimate of drug-likeness (QED) is 0.0427. The minimum Gasteiger partial charge on any atom is -0.508 e. The molecule has 51 heavy (non-hydrogen) atoms. The van der Waals surface area contributed by atoms with Gasteiger partial charge in [0.1, 0.15) is 5.75 Å². The van der Waals surface area contributed by atoms with Crippen LogP contribution in [0.5, 0.6) is 46.0 Å². The number of phenols is 8. The van der Waals surface area contributed by atoms with Crippen LogP contribution in [0.3, 0.4) is 0 Å². The van der Waals surface area contributed by atoms with Gasteiger partial charge in [-0.1, -0.05) is 31.2 Å². The number of likely N-dealkylation sites (N-methyl/N-ethyl adjacent to an activating group) is 1. The molecule has 0 heterocycles. The summed E-state index contributed by atoms with van der Waals surface area (Å²) < 4.78 is 5.33. The number of benzene rings is 4. The number of esters is 1. The van der Waals surface area contributed by atoms with E-state index in [9.17, 15) is 55.5 Å². The van der Waals surface area contributed by atoms with Crippen LogP contribution in [-0.4, -0.2) is 77.1 Å². The van der Waals surface area contributed by atoms with Gasteiger partial charge in [0.2, 0.25) is 6.10 Å². The number of ether oxygens (including phenoxy) is 1. The van der Waals surface area contributed by atoms with Crippen molar-refractivity contribution < 1.29 is 60.3 Å². The molecule has 266 valence electrons. The number of aromatic hydroxyl groups is 8. The van der Waals surface area contributed by atoms with Gasteiger partial charge in [-0.2, -0.15) is 0 Å². The predicted octanol–water partition coefficient (Wildman–Crippen LogP) is 5.06. The fraction of sp³-hybridized carbons (Fsp3) is 0.211. The van der Waals surface area contributed by atoms with Crippen molar-refractivity contribution in [1.29, 1.82) is 0 Å². The molecule has 1 aliphatic rings. The number of aliphatic carboxylic acids is 1. The number of nitrogens with one attached hydrogen (secondary N) is 1. The van der Waals surface area contributed by atoms with Crippen LogP contribution in [0.2, 0.25) is 0 Å². The number of carbonyl (C=O) groups excluding carboxylic acids is 1. The van der Waals surface area contributed by atoms with Crippen LogP contribution < -0.4 is 5.32 Å². The van der Waals surface area contributed by atoms with E-state index in [0.29, 0.717) is 53.6 Å². The van der Waals surface area contributed by atoms with Gasteiger partial charge >= 0.3 is 11.9 Å². The summed E-state index contributed by atoms with van der Waals surface area (Å²) in [4.78, 5) is 25.4. The third-order valence-electron chi connectivity index (χ3n) is 8.69. The Balaban J connectivity index is 1.49. The number of hydrogen-bond donors (Lipinski definition) is 10. The zero-order valence-electron chi connectivity index (χ0n) is 27.4. The van der Waals surface area contributed by atoms with Crippen molar-refractivity contribution in [2.24, 2.45) is 0 Å². The third-order valence-corrected chi connectivity index (χ3v) is 8.69. The number of phenolic OH excluding ortho intramolecular Hbond substituents is 8. The van der Waals surface area contributed by atoms with Crippen molar-refractivity contribution in [3.05, 3.63) is 88.0 Å². The molecule has 2 atom stereocenters. The lowest BCUT2D eigenvalue weighted by Crippen LogP contribution is -2.38. The van der Waals surface area contributed by atoms with E-state index in [1.807, 2.05) is 0 Å². The van der Waals surface area contributed by atoms with Gasteiger partial charge in [0.05, 0.1) is 0 Å². The lowest BCUT2D eigenvalue weighted by Gasteiger charge is -2.24. The lowest BCUT2D eigenvalue weighted by atomic mass is 9.90. The monoisotopic (exact) mass is 699 g/mol. The van der Waals surface area contributed by atoms with E-state index in [-0.39, 0.29) is 40.5 Å². The van der Waals surface area contributed by atoms with Crippen LogP contribution in [0.4, 0.5) is 0 Å². The molecule has 0 saturated heterocycles. The summed E-state index contributed by atoms with van der Waals surface area (Å²) in [6.45, 7) is 2.13. The Hall–Kier alpha value is -6.34. The molecule has 0 aliphatic heterocycles. The Morgan fingerprint density at radius 1 is 0.745 bits per heavy atom. The Kier molecular flexibility index (Phi) is 10.6. The van der Waals surface area contributed by atoms with E-state index in [2.05, 4.69) is 5.32 Å². The fourth-order valence-electron chi connectivity index (χ4n) is 6.18. The third kappa shape index (κ3) is 7.63. The van der Waals surface area contributed by atoms with Crippen LogP contribution in [0.25, 0.3) is 29.4 Å². The number of carboxylic acid groups (broad SMARTS) is 1. The van der Waals surface area contributed by atoms with E-state index in [1.165, 1.54) is 24.3 Å². The number of hydrogen-bond acceptors (Lipinski definition) is 12. The summed E-state index contributed by atoms with van der Waals surface area (Å²) in [6, 6.07) is 10.9. The summed E-state index contributed by atoms with van der Waals surface area (Å²) in [7, 11) is 0. The molecule has 13 nitrogen and oxygen atoms in total. The minimum atomic E-state index is -1.81. The zero-order valence-corrected chi connectivity index (χ0v) is 27.4. The second-order valence-corrected chi connectivity index (χ2v) is 12.0. The van der Waals surface area contributed by atoms with Crippen LogP contribution in [0.1, 0.15) is 52.6 Å². The molecule has 5 rings (SSSR count). The van der Waals surface area contributed by atoms with Crippen LogP contribution in [-0.2, 0) is 27.2 Å². The van der Waals surface area contributed by atoms with E-state index in [4.69, 9.17) is 4.74 Å². The SMILES string of the molecule is CCNCC(c1cc(O)c(O)c(O)c1)C(OC(=O)C=Cc1cc(O)c(O)cc1C=Cc1cc(O)c(O)c2c1-c1cccc(O)c1CCC2)C(=O)O. The van der Waals surface area contributed by atoms with Crippen LogP contribution >= 0.6 is 0 Å². The molecule has 1 aliphatic carbocycles. The van der Waals surface area contributed by atoms with Crippen molar-refractivity contribution in [2.75, 3.05) is 13.1 Å². The molecular formula is C38H37NO12. The highest BCUT2D eigenvalue weighted by atomic mass is 16.6. The molecule has 0 spiro atoms. The largest absolute Gasteiger partial charge is 0.508 e. The maximum absolute atomic E-state index is 13.0. The Labute approximate surface area is 291 Å². The number of carbonyl (C=O) groups is 2. The molecule has 4 aromatic rings. The number of rotatable bonds is 11. The Morgan fingerprint density at radius 2 is 1.33 bits per heavy atom. The number of carboxylic acids is 1. The normalized spacial score (nSPS) is 13.7. The standard InChI is InChI=1S/C38H37NO12/c1-2-39-18-26(22-16-31(44)36(48)32(45)17-22)37(38(49)50)51-33(46)12-11-20-14-29(42)28(41)13-19(20)9-10-21-15-30(43)35(47)25-7-3-5-23-24(34(21)25)6-4-8-27(23)40/h4,6,8-17,26,37,39-45,47-48H,2-3,5,7,18H2,1H3,(H,49,50). The first kappa shape index (κ1) is 36.0. The second kappa shape index (κ2) is 15.0. The molecule has 0 radical (unpaired) electrons. The van der Waals surface area contributed by atoms with Gasteiger partial charge in [-0.3, -0.25) is 0 Å². The second-order valence-electron chi connectivity index (χ2n) is 12.0. The van der Waals surface area contributed by atoms with Gasteiger partial charge in [0.25, 0.3) is 0 Å². The first-order valence-electron chi connectivity index (χ1n) is 16.0. The van der Waals surface area contributed by atoms with Crippen molar-refractivity contribution in [1.82, 2.24) is 5.32 Å². The van der Waals surface area contributed by atoms with Gasteiger partial charge in [-0.15, -0.1) is 0 Å². The van der Waals surface area contributed by atoms with E-state index in [1.54, 1.807) is 37.3 Å². The zero-order chi connectivity index (χ0) is 37.0. The molecule has 0 amide bonds. The molecule has 10 N–H and O–H groups in total. The van der Waals surface area contributed by atoms with Gasteiger partial charge in [0.15, 0.2) is 40.2 Å². The molecular weight excluding hydrogens is 662 g/mol. The summed E-state index contributed by atoms with van der Waals surface area (Å²) >= 11 is 0. The average molecular weight is 700 g/mol. The summed E-state index contributed by atoms with van der Waals surface area (Å²) in [6.07, 6.45) is 5.06. The predicted molar refractivity (Wildman–Crippen MR) is 187 cm³/mol. The van der Waals surface area contributed by atoms with E-state index >= 15 is 0 Å². The first-order chi connectivity index (χ1) is 24.3. The van der Waals surface area contributed by atoms with E-state index < -0.39 is 52.7 Å². The van der Waals surface area contributed by atoms with Gasteiger partial charge in [-0.05, 0) is 102 Å². The van der Waals surface area contributed by atoms with Crippen molar-refractivity contribution >= 4 is 30.2 Å². The van der Waals surface area contributed by atoms with E-state index in [0.717, 1.165) is 18.2 Å². The fourth-order valence-corrected chi connectivity index (χ4v) is 6.18. The summed E-state index contributed by atoms with van der Waals surface area (Å²) in [5, 5.41) is 95.3. The number of fused-ring (bicyclic) bond motifs is 3. The van der Waals surface area contributed by atoms with Crippen molar-refractivity contribution in [2.45, 2.75) is 38.2 Å². The highest BCUT2D eigenvalue weighted by Gasteiger charge is 2.34. The Morgan fingerprint density at radius 3 is 1.98 bits per heavy atom. The van der Waals surface area contributed by atoms with Gasteiger partial charge in [0, 0.05) is 29.7 Å². The highest BCUT2D eigenvalue weighted by molar-refractivity contribution is 5.92. The van der Waals surface area contributed by atoms with Gasteiger partial charge in [-0.25, -0.2) is 9.59 Å². The summed E-state index contributed by atoms with van der Waals surface area (Å²) in [5.74, 6) is -7.44.